The molecule has 0 saturated heterocycles. The smallest absolute Gasteiger partial charge is 0.0863 e. The molecule has 20 heavy (non-hydrogen) atoms. The molecular formula is C15H21ClN4. The number of nitrogens with one attached hydrogen (secondary N) is 1. The highest BCUT2D eigenvalue weighted by Crippen LogP contribution is 2.22. The summed E-state index contributed by atoms with van der Waals surface area (Å²) in [5, 5.41) is 8.77. The molecule has 0 fully saturated rings. The van der Waals surface area contributed by atoms with E-state index in [4.69, 9.17) is 11.6 Å². The molecule has 4 nitrogen and oxygen atoms in total. The largest absolute Gasteiger partial charge is 0.303 e. The van der Waals surface area contributed by atoms with E-state index in [2.05, 4.69) is 36.2 Å². The van der Waals surface area contributed by atoms with Crippen LogP contribution in [0.5, 0.6) is 0 Å². The summed E-state index contributed by atoms with van der Waals surface area (Å²) in [7, 11) is 0. The lowest BCUT2D eigenvalue weighted by molar-refractivity contribution is 0.523. The molecule has 1 N–H and O–H groups in total. The van der Waals surface area contributed by atoms with Gasteiger partial charge < -0.3 is 5.32 Å². The molecule has 0 bridgehead atoms. The van der Waals surface area contributed by atoms with Crippen molar-refractivity contribution in [2.24, 2.45) is 0 Å². The van der Waals surface area contributed by atoms with Gasteiger partial charge in [0.2, 0.25) is 0 Å². The number of aromatic nitrogens is 3. The maximum absolute atomic E-state index is 6.40. The Morgan fingerprint density at radius 1 is 1.35 bits per heavy atom. The molecule has 2 heterocycles. The first-order chi connectivity index (χ1) is 9.67. The minimum Gasteiger partial charge on any atom is -0.303 e. The van der Waals surface area contributed by atoms with Gasteiger partial charge >= 0.3 is 0 Å². The molecule has 0 aliphatic rings. The van der Waals surface area contributed by atoms with Gasteiger partial charge in [-0.25, -0.2) is 0 Å². The zero-order valence-electron chi connectivity index (χ0n) is 12.2. The van der Waals surface area contributed by atoms with Crippen molar-refractivity contribution in [3.63, 3.8) is 0 Å². The number of hydrogen-bond donors (Lipinski definition) is 1. The maximum Gasteiger partial charge on any atom is 0.0863 e. The molecule has 0 saturated carbocycles. The highest BCUT2D eigenvalue weighted by atomic mass is 35.5. The summed E-state index contributed by atoms with van der Waals surface area (Å²) < 4.78 is 1.97. The second-order valence-corrected chi connectivity index (χ2v) is 5.11. The average molecular weight is 293 g/mol. The fourth-order valence-electron chi connectivity index (χ4n) is 2.17. The molecule has 2 aromatic rings. The topological polar surface area (TPSA) is 42.7 Å². The van der Waals surface area contributed by atoms with Gasteiger partial charge in [0, 0.05) is 25.3 Å². The number of pyridine rings is 1. The molecule has 0 radical (unpaired) electrons. The molecule has 0 amide bonds. The van der Waals surface area contributed by atoms with Gasteiger partial charge in [-0.1, -0.05) is 24.6 Å². The van der Waals surface area contributed by atoms with Gasteiger partial charge in [-0.2, -0.15) is 5.10 Å². The molecule has 0 spiro atoms. The normalized spacial score (nSPS) is 12.6. The third kappa shape index (κ3) is 3.19. The summed E-state index contributed by atoms with van der Waals surface area (Å²) >= 11 is 6.40. The van der Waals surface area contributed by atoms with Gasteiger partial charge in [-0.05, 0) is 32.4 Å². The SMILES string of the molecule is CCc1nn(CC)c(CN[C@H](C)c2ccccn2)c1Cl. The third-order valence-corrected chi connectivity index (χ3v) is 3.84. The van der Waals surface area contributed by atoms with Gasteiger partial charge in [0.05, 0.1) is 22.1 Å². The molecule has 0 aliphatic carbocycles. The van der Waals surface area contributed by atoms with E-state index in [1.807, 2.05) is 29.1 Å². The Morgan fingerprint density at radius 2 is 2.15 bits per heavy atom. The number of hydrogen-bond acceptors (Lipinski definition) is 3. The van der Waals surface area contributed by atoms with Crippen LogP contribution in [0.15, 0.2) is 24.4 Å². The number of nitrogens with zero attached hydrogens (tertiary/aromatic N) is 3. The van der Waals surface area contributed by atoms with E-state index in [1.165, 1.54) is 0 Å². The first-order valence-electron chi connectivity index (χ1n) is 7.05. The lowest BCUT2D eigenvalue weighted by atomic mass is 10.2. The Bertz CT molecular complexity index is 551. The molecule has 0 aromatic carbocycles. The highest BCUT2D eigenvalue weighted by Gasteiger charge is 2.15. The van der Waals surface area contributed by atoms with Crippen LogP contribution in [-0.2, 0) is 19.5 Å². The van der Waals surface area contributed by atoms with Crippen molar-refractivity contribution in [1.82, 2.24) is 20.1 Å². The van der Waals surface area contributed by atoms with Gasteiger partial charge in [0.1, 0.15) is 0 Å². The summed E-state index contributed by atoms with van der Waals surface area (Å²) in [5.41, 5.74) is 3.05. The van der Waals surface area contributed by atoms with Crippen molar-refractivity contribution in [2.45, 2.75) is 46.3 Å². The van der Waals surface area contributed by atoms with Crippen LogP contribution < -0.4 is 5.32 Å². The summed E-state index contributed by atoms with van der Waals surface area (Å²) in [5.74, 6) is 0. The van der Waals surface area contributed by atoms with Crippen LogP contribution in [-0.4, -0.2) is 14.8 Å². The molecule has 108 valence electrons. The van der Waals surface area contributed by atoms with Gasteiger partial charge in [0.25, 0.3) is 0 Å². The van der Waals surface area contributed by atoms with Crippen molar-refractivity contribution in [3.05, 3.63) is 46.5 Å². The molecule has 5 heteroatoms. The first kappa shape index (κ1) is 15.0. The van der Waals surface area contributed by atoms with Crippen LogP contribution in [0.2, 0.25) is 5.02 Å². The van der Waals surface area contributed by atoms with Crippen LogP contribution in [0, 0.1) is 0 Å². The van der Waals surface area contributed by atoms with Crippen molar-refractivity contribution < 1.29 is 0 Å². The minimum absolute atomic E-state index is 0.178. The second kappa shape index (κ2) is 6.86. The zero-order chi connectivity index (χ0) is 14.5. The monoisotopic (exact) mass is 292 g/mol. The van der Waals surface area contributed by atoms with E-state index in [1.54, 1.807) is 0 Å². The van der Waals surface area contributed by atoms with Crippen LogP contribution in [0.25, 0.3) is 0 Å². The summed E-state index contributed by atoms with van der Waals surface area (Å²) in [6, 6.07) is 6.12. The van der Waals surface area contributed by atoms with Crippen LogP contribution >= 0.6 is 11.6 Å². The van der Waals surface area contributed by atoms with Crippen molar-refractivity contribution in [3.8, 4) is 0 Å². The Balaban J connectivity index is 2.09. The zero-order valence-corrected chi connectivity index (χ0v) is 13.0. The Kier molecular flexibility index (Phi) is 5.15. The standard InChI is InChI=1S/C15H21ClN4/c1-4-12-15(16)14(20(5-2)19-12)10-18-11(3)13-8-6-7-9-17-13/h6-9,11,18H,4-5,10H2,1-3H3/t11-/m1/s1. The minimum atomic E-state index is 0.178. The summed E-state index contributed by atoms with van der Waals surface area (Å²) in [6.45, 7) is 7.77. The number of rotatable bonds is 6. The molecule has 0 aliphatic heterocycles. The van der Waals surface area contributed by atoms with E-state index in [9.17, 15) is 0 Å². The van der Waals surface area contributed by atoms with Crippen LogP contribution in [0.3, 0.4) is 0 Å². The van der Waals surface area contributed by atoms with E-state index in [0.29, 0.717) is 6.54 Å². The lowest BCUT2D eigenvalue weighted by Gasteiger charge is -2.14. The molecule has 2 rings (SSSR count). The Labute approximate surface area is 125 Å². The second-order valence-electron chi connectivity index (χ2n) is 4.73. The molecule has 2 aromatic heterocycles. The first-order valence-corrected chi connectivity index (χ1v) is 7.43. The fourth-order valence-corrected chi connectivity index (χ4v) is 2.51. The summed E-state index contributed by atoms with van der Waals surface area (Å²) in [4.78, 5) is 4.36. The maximum atomic E-state index is 6.40. The van der Waals surface area contributed by atoms with Gasteiger partial charge in [-0.3, -0.25) is 9.67 Å². The summed E-state index contributed by atoms with van der Waals surface area (Å²) in [6.07, 6.45) is 2.67. The fraction of sp³-hybridized carbons (Fsp3) is 0.467. The highest BCUT2D eigenvalue weighted by molar-refractivity contribution is 6.31. The number of halogens is 1. The quantitative estimate of drug-likeness (QED) is 0.888. The predicted molar refractivity (Wildman–Crippen MR) is 81.8 cm³/mol. The van der Waals surface area contributed by atoms with E-state index in [-0.39, 0.29) is 6.04 Å². The van der Waals surface area contributed by atoms with E-state index < -0.39 is 0 Å². The van der Waals surface area contributed by atoms with Crippen molar-refractivity contribution >= 4 is 11.6 Å². The Morgan fingerprint density at radius 3 is 2.75 bits per heavy atom. The van der Waals surface area contributed by atoms with Crippen molar-refractivity contribution in [2.75, 3.05) is 0 Å². The average Bonchev–Trinajstić information content (AvgIpc) is 2.81. The van der Waals surface area contributed by atoms with Crippen molar-refractivity contribution in [1.29, 1.82) is 0 Å². The van der Waals surface area contributed by atoms with Gasteiger partial charge in [0.15, 0.2) is 0 Å². The van der Waals surface area contributed by atoms with E-state index in [0.717, 1.165) is 35.1 Å². The molecule has 0 unspecified atom stereocenters. The molecule has 1 atom stereocenters. The van der Waals surface area contributed by atoms with Crippen LogP contribution in [0.4, 0.5) is 0 Å². The molecular weight excluding hydrogens is 272 g/mol. The third-order valence-electron chi connectivity index (χ3n) is 3.40. The van der Waals surface area contributed by atoms with Gasteiger partial charge in [-0.15, -0.1) is 0 Å². The van der Waals surface area contributed by atoms with Crippen LogP contribution in [0.1, 0.15) is 43.9 Å². The Hall–Kier alpha value is -1.39. The predicted octanol–water partition coefficient (Wildman–Crippen LogP) is 3.36. The lowest BCUT2D eigenvalue weighted by Crippen LogP contribution is -2.21. The van der Waals surface area contributed by atoms with E-state index >= 15 is 0 Å². The number of aryl methyl sites for hydroxylation is 2.